The molecule has 0 amide bonds. The van der Waals surface area contributed by atoms with E-state index in [-0.39, 0.29) is 11.9 Å². The lowest BCUT2D eigenvalue weighted by molar-refractivity contribution is 0.598. The van der Waals surface area contributed by atoms with Crippen molar-refractivity contribution >= 4 is 33.3 Å². The van der Waals surface area contributed by atoms with Crippen LogP contribution >= 0.6 is 0 Å². The van der Waals surface area contributed by atoms with Gasteiger partial charge in [0.25, 0.3) is 0 Å². The molecule has 0 radical (unpaired) electrons. The smallest absolute Gasteiger partial charge is 0.232 e. The summed E-state index contributed by atoms with van der Waals surface area (Å²) in [6, 6.07) is 5.14. The first-order valence-corrected chi connectivity index (χ1v) is 7.66. The van der Waals surface area contributed by atoms with Crippen molar-refractivity contribution in [2.75, 3.05) is 17.1 Å². The molecule has 1 heterocycles. The molecule has 2 rings (SSSR count). The zero-order valence-corrected chi connectivity index (χ0v) is 11.8. The van der Waals surface area contributed by atoms with Crippen LogP contribution in [0.15, 0.2) is 28.2 Å². The molecule has 0 spiro atoms. The van der Waals surface area contributed by atoms with Crippen LogP contribution in [0.3, 0.4) is 0 Å². The zero-order chi connectivity index (χ0) is 14.9. The maximum atomic E-state index is 11.6. The summed E-state index contributed by atoms with van der Waals surface area (Å²) in [5.74, 6) is -0.224. The van der Waals surface area contributed by atoms with Crippen molar-refractivity contribution in [3.05, 3.63) is 23.8 Å². The van der Waals surface area contributed by atoms with Gasteiger partial charge >= 0.3 is 0 Å². The van der Waals surface area contributed by atoms with Gasteiger partial charge in [0.15, 0.2) is 5.96 Å². The SMILES string of the molecule is CS(=O)(=O)N1CCc2cc(N=C(N)N=C(N)N)ccc21. The minimum atomic E-state index is -3.25. The summed E-state index contributed by atoms with van der Waals surface area (Å²) in [6.45, 7) is 0.435. The highest BCUT2D eigenvalue weighted by Gasteiger charge is 2.25. The van der Waals surface area contributed by atoms with Crippen molar-refractivity contribution in [2.24, 2.45) is 27.2 Å². The van der Waals surface area contributed by atoms with Crippen molar-refractivity contribution in [1.82, 2.24) is 0 Å². The number of hydrogen-bond acceptors (Lipinski definition) is 3. The molecule has 0 bridgehead atoms. The number of nitrogens with two attached hydrogens (primary N) is 3. The van der Waals surface area contributed by atoms with Crippen LogP contribution in [0.25, 0.3) is 0 Å². The second-order valence-electron chi connectivity index (χ2n) is 4.40. The summed E-state index contributed by atoms with van der Waals surface area (Å²) in [7, 11) is -3.25. The molecular formula is C11H16N6O2S. The van der Waals surface area contributed by atoms with E-state index in [4.69, 9.17) is 17.2 Å². The summed E-state index contributed by atoms with van der Waals surface area (Å²) in [6.07, 6.45) is 1.82. The van der Waals surface area contributed by atoms with E-state index in [1.54, 1.807) is 18.2 Å². The Morgan fingerprint density at radius 3 is 2.60 bits per heavy atom. The third-order valence-corrected chi connectivity index (χ3v) is 3.98. The average molecular weight is 296 g/mol. The molecule has 0 fully saturated rings. The molecule has 108 valence electrons. The molecule has 9 heteroatoms. The molecule has 0 atom stereocenters. The van der Waals surface area contributed by atoms with Gasteiger partial charge in [-0.05, 0) is 30.2 Å². The standard InChI is InChI=1S/C11H16N6O2S/c1-20(18,19)17-5-4-7-6-8(2-3-9(7)17)15-11(14)16-10(12)13/h2-3,6H,4-5H2,1H3,(H6,12,13,14,15,16). The first-order chi connectivity index (χ1) is 9.27. The Morgan fingerprint density at radius 1 is 1.30 bits per heavy atom. The molecule has 1 aliphatic rings. The molecule has 1 aliphatic heterocycles. The number of guanidine groups is 2. The van der Waals surface area contributed by atoms with E-state index in [0.29, 0.717) is 24.3 Å². The predicted octanol–water partition coefficient (Wildman–Crippen LogP) is -0.772. The highest BCUT2D eigenvalue weighted by atomic mass is 32.2. The van der Waals surface area contributed by atoms with Gasteiger partial charge in [-0.2, -0.15) is 4.99 Å². The Kier molecular flexibility index (Phi) is 3.53. The maximum absolute atomic E-state index is 11.6. The number of anilines is 1. The second kappa shape index (κ2) is 5.00. The Labute approximate surface area is 117 Å². The van der Waals surface area contributed by atoms with Crippen LogP contribution in [0.2, 0.25) is 0 Å². The third kappa shape index (κ3) is 2.99. The van der Waals surface area contributed by atoms with Crippen molar-refractivity contribution in [3.8, 4) is 0 Å². The Bertz CT molecular complexity index is 691. The van der Waals surface area contributed by atoms with Gasteiger partial charge in [-0.15, -0.1) is 0 Å². The van der Waals surface area contributed by atoms with Gasteiger partial charge < -0.3 is 17.2 Å². The molecule has 6 N–H and O–H groups in total. The second-order valence-corrected chi connectivity index (χ2v) is 6.31. The summed E-state index contributed by atoms with van der Waals surface area (Å²) < 4.78 is 24.6. The van der Waals surface area contributed by atoms with Gasteiger partial charge in [-0.1, -0.05) is 0 Å². The van der Waals surface area contributed by atoms with Crippen LogP contribution in [0, 0.1) is 0 Å². The molecule has 8 nitrogen and oxygen atoms in total. The van der Waals surface area contributed by atoms with Crippen molar-refractivity contribution in [2.45, 2.75) is 6.42 Å². The van der Waals surface area contributed by atoms with Crippen LogP contribution in [-0.4, -0.2) is 33.1 Å². The summed E-state index contributed by atoms with van der Waals surface area (Å²) >= 11 is 0. The fraction of sp³-hybridized carbons (Fsp3) is 0.273. The van der Waals surface area contributed by atoms with Crippen molar-refractivity contribution in [3.63, 3.8) is 0 Å². The van der Waals surface area contributed by atoms with Gasteiger partial charge in [0.05, 0.1) is 17.6 Å². The number of rotatable bonds is 2. The normalized spacial score (nSPS) is 15.1. The summed E-state index contributed by atoms with van der Waals surface area (Å²) in [5, 5.41) is 0. The lowest BCUT2D eigenvalue weighted by Gasteiger charge is -2.16. The van der Waals surface area contributed by atoms with E-state index >= 15 is 0 Å². The highest BCUT2D eigenvalue weighted by Crippen LogP contribution is 2.32. The molecule has 0 saturated carbocycles. The number of aliphatic imine (C=N–C) groups is 2. The zero-order valence-electron chi connectivity index (χ0n) is 10.9. The fourth-order valence-corrected chi connectivity index (χ4v) is 3.02. The van der Waals surface area contributed by atoms with Crippen molar-refractivity contribution < 1.29 is 8.42 Å². The lowest BCUT2D eigenvalue weighted by atomic mass is 10.1. The quantitative estimate of drug-likeness (QED) is 0.485. The maximum Gasteiger partial charge on any atom is 0.232 e. The van der Waals surface area contributed by atoms with E-state index in [9.17, 15) is 8.42 Å². The van der Waals surface area contributed by atoms with E-state index in [0.717, 1.165) is 5.56 Å². The number of hydrogen-bond donors (Lipinski definition) is 3. The van der Waals surface area contributed by atoms with Crippen LogP contribution in [0.1, 0.15) is 5.56 Å². The van der Waals surface area contributed by atoms with Gasteiger partial charge in [0, 0.05) is 6.54 Å². The lowest BCUT2D eigenvalue weighted by Crippen LogP contribution is -2.27. The minimum Gasteiger partial charge on any atom is -0.370 e. The number of benzene rings is 1. The van der Waals surface area contributed by atoms with Crippen LogP contribution in [0.4, 0.5) is 11.4 Å². The fourth-order valence-electron chi connectivity index (χ4n) is 2.06. The number of fused-ring (bicyclic) bond motifs is 1. The first kappa shape index (κ1) is 14.1. The molecule has 0 aromatic heterocycles. The molecule has 0 aliphatic carbocycles. The van der Waals surface area contributed by atoms with E-state index in [1.807, 2.05) is 0 Å². The van der Waals surface area contributed by atoms with Crippen molar-refractivity contribution in [1.29, 1.82) is 0 Å². The first-order valence-electron chi connectivity index (χ1n) is 5.82. The van der Waals surface area contributed by atoms with Gasteiger partial charge in [0.2, 0.25) is 16.0 Å². The molecule has 1 aromatic rings. The molecule has 20 heavy (non-hydrogen) atoms. The van der Waals surface area contributed by atoms with E-state index in [1.165, 1.54) is 10.6 Å². The third-order valence-electron chi connectivity index (χ3n) is 2.80. The van der Waals surface area contributed by atoms with Crippen LogP contribution in [-0.2, 0) is 16.4 Å². The van der Waals surface area contributed by atoms with E-state index < -0.39 is 10.0 Å². The summed E-state index contributed by atoms with van der Waals surface area (Å²) in [4.78, 5) is 7.66. The Balaban J connectivity index is 2.34. The number of sulfonamides is 1. The van der Waals surface area contributed by atoms with Gasteiger partial charge in [-0.25, -0.2) is 13.4 Å². The molecule has 0 saturated heterocycles. The highest BCUT2D eigenvalue weighted by molar-refractivity contribution is 7.92. The minimum absolute atomic E-state index is 0.0529. The van der Waals surface area contributed by atoms with Crippen LogP contribution < -0.4 is 21.5 Å². The van der Waals surface area contributed by atoms with E-state index in [2.05, 4.69) is 9.98 Å². The molecular weight excluding hydrogens is 280 g/mol. The van der Waals surface area contributed by atoms with Gasteiger partial charge in [-0.3, -0.25) is 4.31 Å². The molecule has 0 unspecified atom stereocenters. The Hall–Kier alpha value is -2.29. The Morgan fingerprint density at radius 2 is 2.00 bits per heavy atom. The van der Waals surface area contributed by atoms with Crippen LogP contribution in [0.5, 0.6) is 0 Å². The largest absolute Gasteiger partial charge is 0.370 e. The predicted molar refractivity (Wildman–Crippen MR) is 79.4 cm³/mol. The topological polar surface area (TPSA) is 140 Å². The summed E-state index contributed by atoms with van der Waals surface area (Å²) in [5.41, 5.74) is 18.1. The van der Waals surface area contributed by atoms with Gasteiger partial charge in [0.1, 0.15) is 0 Å². The molecule has 1 aromatic carbocycles. The number of nitrogens with zero attached hydrogens (tertiary/aromatic N) is 3. The average Bonchev–Trinajstić information content (AvgIpc) is 2.69. The monoisotopic (exact) mass is 296 g/mol.